The second kappa shape index (κ2) is 9.92. The summed E-state index contributed by atoms with van der Waals surface area (Å²) in [6, 6.07) is 13.2. The van der Waals surface area contributed by atoms with Crippen molar-refractivity contribution in [1.29, 1.82) is 5.26 Å². The van der Waals surface area contributed by atoms with E-state index in [0.717, 1.165) is 11.3 Å². The van der Waals surface area contributed by atoms with E-state index in [-0.39, 0.29) is 11.4 Å². The fraction of sp³-hybridized carbons (Fsp3) is 0.174. The molecule has 1 N–H and O–H groups in total. The zero-order valence-corrected chi connectivity index (χ0v) is 18.4. The summed E-state index contributed by atoms with van der Waals surface area (Å²) >= 11 is 7.49. The number of ether oxygens (including phenoxy) is 1. The molecule has 1 aromatic heterocycles. The quantitative estimate of drug-likeness (QED) is 0.422. The number of rotatable bonds is 5. The van der Waals surface area contributed by atoms with E-state index in [1.165, 1.54) is 29.5 Å². The average molecular weight is 469 g/mol. The number of anilines is 2. The molecule has 1 amide bonds. The van der Waals surface area contributed by atoms with Crippen LogP contribution in [0, 0.1) is 17.1 Å². The molecule has 0 atom stereocenters. The minimum atomic E-state index is -0.555. The molecule has 2 heterocycles. The SMILES string of the molecule is N#CC(=Cc1csc(-c2ccc(F)cc2)n1)C(=O)Nc1cc(Cl)ccc1N1CCOCC1. The van der Waals surface area contributed by atoms with Crippen LogP contribution in [0.4, 0.5) is 15.8 Å². The fourth-order valence-corrected chi connectivity index (χ4v) is 4.21. The van der Waals surface area contributed by atoms with Gasteiger partial charge >= 0.3 is 0 Å². The molecule has 0 spiro atoms. The molecule has 1 fully saturated rings. The van der Waals surface area contributed by atoms with Crippen molar-refractivity contribution < 1.29 is 13.9 Å². The maximum atomic E-state index is 13.1. The Balaban J connectivity index is 1.55. The highest BCUT2D eigenvalue weighted by Gasteiger charge is 2.18. The lowest BCUT2D eigenvalue weighted by Crippen LogP contribution is -2.36. The molecule has 0 bridgehead atoms. The third-order valence-electron chi connectivity index (χ3n) is 4.83. The lowest BCUT2D eigenvalue weighted by atomic mass is 10.2. The highest BCUT2D eigenvalue weighted by atomic mass is 35.5. The van der Waals surface area contributed by atoms with Crippen LogP contribution in [-0.4, -0.2) is 37.2 Å². The molecule has 2 aromatic carbocycles. The van der Waals surface area contributed by atoms with Crippen molar-refractivity contribution in [2.24, 2.45) is 0 Å². The first kappa shape index (κ1) is 22.0. The van der Waals surface area contributed by atoms with E-state index in [0.29, 0.717) is 47.7 Å². The van der Waals surface area contributed by atoms with Gasteiger partial charge in [0.1, 0.15) is 22.5 Å². The van der Waals surface area contributed by atoms with E-state index in [1.807, 2.05) is 12.1 Å². The molecule has 162 valence electrons. The molecule has 0 unspecified atom stereocenters. The van der Waals surface area contributed by atoms with Crippen LogP contribution in [-0.2, 0) is 9.53 Å². The van der Waals surface area contributed by atoms with E-state index < -0.39 is 5.91 Å². The maximum Gasteiger partial charge on any atom is 0.266 e. The molecule has 1 aliphatic heterocycles. The van der Waals surface area contributed by atoms with Gasteiger partial charge < -0.3 is 15.0 Å². The molecule has 3 aromatic rings. The number of amides is 1. The van der Waals surface area contributed by atoms with Crippen LogP contribution in [0.3, 0.4) is 0 Å². The molecule has 9 heteroatoms. The molecule has 0 radical (unpaired) electrons. The molecular weight excluding hydrogens is 451 g/mol. The third kappa shape index (κ3) is 5.14. The average Bonchev–Trinajstić information content (AvgIpc) is 3.27. The van der Waals surface area contributed by atoms with Crippen LogP contribution >= 0.6 is 22.9 Å². The Morgan fingerprint density at radius 3 is 2.72 bits per heavy atom. The molecule has 0 saturated carbocycles. The van der Waals surface area contributed by atoms with Crippen molar-refractivity contribution in [3.05, 3.63) is 70.0 Å². The Morgan fingerprint density at radius 1 is 1.25 bits per heavy atom. The number of carbonyl (C=O) groups excluding carboxylic acids is 1. The number of nitrogens with zero attached hydrogens (tertiary/aromatic N) is 3. The van der Waals surface area contributed by atoms with Crippen LogP contribution in [0.25, 0.3) is 16.6 Å². The lowest BCUT2D eigenvalue weighted by molar-refractivity contribution is -0.112. The smallest absolute Gasteiger partial charge is 0.266 e. The van der Waals surface area contributed by atoms with E-state index in [1.54, 1.807) is 29.6 Å². The largest absolute Gasteiger partial charge is 0.378 e. The number of halogens is 2. The maximum absolute atomic E-state index is 13.1. The molecule has 4 rings (SSSR count). The van der Waals surface area contributed by atoms with Gasteiger partial charge in [0, 0.05) is 29.1 Å². The van der Waals surface area contributed by atoms with Crippen molar-refractivity contribution in [1.82, 2.24) is 4.98 Å². The van der Waals surface area contributed by atoms with Gasteiger partial charge in [-0.3, -0.25) is 4.79 Å². The number of hydrogen-bond acceptors (Lipinski definition) is 6. The molecule has 0 aliphatic carbocycles. The monoisotopic (exact) mass is 468 g/mol. The van der Waals surface area contributed by atoms with Gasteiger partial charge in [-0.25, -0.2) is 9.37 Å². The van der Waals surface area contributed by atoms with Gasteiger partial charge in [-0.1, -0.05) is 11.6 Å². The number of nitrogens with one attached hydrogen (secondary N) is 1. The van der Waals surface area contributed by atoms with Crippen LogP contribution in [0.15, 0.2) is 53.4 Å². The summed E-state index contributed by atoms with van der Waals surface area (Å²) in [6.07, 6.45) is 1.43. The summed E-state index contributed by atoms with van der Waals surface area (Å²) in [6.45, 7) is 2.58. The van der Waals surface area contributed by atoms with E-state index in [2.05, 4.69) is 15.2 Å². The minimum Gasteiger partial charge on any atom is -0.378 e. The standard InChI is InChI=1S/C23H18ClFN4O2S/c24-17-3-6-21(29-7-9-31-10-8-29)20(12-17)28-22(30)16(13-26)11-19-14-32-23(27-19)15-1-4-18(25)5-2-15/h1-6,11-12,14H,7-10H2,(H,28,30). The van der Waals surface area contributed by atoms with Gasteiger partial charge in [0.2, 0.25) is 0 Å². The first-order chi connectivity index (χ1) is 15.5. The van der Waals surface area contributed by atoms with Crippen LogP contribution in [0.5, 0.6) is 0 Å². The van der Waals surface area contributed by atoms with Crippen LogP contribution in [0.2, 0.25) is 5.02 Å². The van der Waals surface area contributed by atoms with Crippen LogP contribution in [0.1, 0.15) is 5.69 Å². The van der Waals surface area contributed by atoms with E-state index in [4.69, 9.17) is 16.3 Å². The van der Waals surface area contributed by atoms with Crippen molar-refractivity contribution in [3.8, 4) is 16.6 Å². The first-order valence-corrected chi connectivity index (χ1v) is 11.1. The Kier molecular flexibility index (Phi) is 6.81. The summed E-state index contributed by atoms with van der Waals surface area (Å²) in [4.78, 5) is 19.4. The van der Waals surface area contributed by atoms with Gasteiger partial charge in [0.25, 0.3) is 5.91 Å². The van der Waals surface area contributed by atoms with Crippen molar-refractivity contribution in [2.45, 2.75) is 0 Å². The summed E-state index contributed by atoms with van der Waals surface area (Å²) in [5.41, 5.74) is 2.48. The van der Waals surface area contributed by atoms with Gasteiger partial charge in [0.05, 0.1) is 30.3 Å². The number of morpholine rings is 1. The van der Waals surface area contributed by atoms with E-state index in [9.17, 15) is 14.4 Å². The molecule has 1 aliphatic rings. The summed E-state index contributed by atoms with van der Waals surface area (Å²) in [5.74, 6) is -0.882. The third-order valence-corrected chi connectivity index (χ3v) is 5.97. The van der Waals surface area contributed by atoms with Crippen molar-refractivity contribution in [3.63, 3.8) is 0 Å². The predicted molar refractivity (Wildman–Crippen MR) is 124 cm³/mol. The Morgan fingerprint density at radius 2 is 2.00 bits per heavy atom. The Bertz CT molecular complexity index is 1200. The van der Waals surface area contributed by atoms with Gasteiger partial charge in [-0.05, 0) is 48.5 Å². The number of benzene rings is 2. The summed E-state index contributed by atoms with van der Waals surface area (Å²) in [5, 5.41) is 15.2. The van der Waals surface area contributed by atoms with Crippen molar-refractivity contribution >= 4 is 46.3 Å². The van der Waals surface area contributed by atoms with Gasteiger partial charge in [0.15, 0.2) is 0 Å². The molecule has 32 heavy (non-hydrogen) atoms. The highest BCUT2D eigenvalue weighted by Crippen LogP contribution is 2.30. The Hall–Kier alpha value is -3.25. The number of nitriles is 1. The van der Waals surface area contributed by atoms with Gasteiger partial charge in [-0.2, -0.15) is 5.26 Å². The molecule has 6 nitrogen and oxygen atoms in total. The molecular formula is C23H18ClFN4O2S. The number of carbonyl (C=O) groups is 1. The van der Waals surface area contributed by atoms with Crippen LogP contribution < -0.4 is 10.2 Å². The minimum absolute atomic E-state index is 0.0890. The normalized spacial score (nSPS) is 14.2. The number of aromatic nitrogens is 1. The second-order valence-electron chi connectivity index (χ2n) is 6.97. The first-order valence-electron chi connectivity index (χ1n) is 9.80. The number of thiazole rings is 1. The second-order valence-corrected chi connectivity index (χ2v) is 8.26. The topological polar surface area (TPSA) is 78.2 Å². The zero-order chi connectivity index (χ0) is 22.5. The highest BCUT2D eigenvalue weighted by molar-refractivity contribution is 7.13. The Labute approximate surface area is 193 Å². The summed E-state index contributed by atoms with van der Waals surface area (Å²) in [7, 11) is 0. The lowest BCUT2D eigenvalue weighted by Gasteiger charge is -2.30. The predicted octanol–water partition coefficient (Wildman–Crippen LogP) is 4.98. The van der Waals surface area contributed by atoms with Crippen molar-refractivity contribution in [2.75, 3.05) is 36.5 Å². The summed E-state index contributed by atoms with van der Waals surface area (Å²) < 4.78 is 18.5. The molecule has 1 saturated heterocycles. The fourth-order valence-electron chi connectivity index (χ4n) is 3.25. The van der Waals surface area contributed by atoms with Gasteiger partial charge in [-0.15, -0.1) is 11.3 Å². The van der Waals surface area contributed by atoms with E-state index >= 15 is 0 Å². The number of hydrogen-bond donors (Lipinski definition) is 1. The zero-order valence-electron chi connectivity index (χ0n) is 16.8.